The molecule has 0 spiro atoms. The standard InChI is InChI=1S/C14H18N2O2/c1-4-9-8-10(6-7-12(9)17-3)13-11(5-2)16-14(15)18-13/h6-8H,4-5H2,1-3H3,(H2,15,16). The molecule has 0 amide bonds. The van der Waals surface area contributed by atoms with Crippen LogP contribution in [-0.2, 0) is 12.8 Å². The van der Waals surface area contributed by atoms with E-state index < -0.39 is 0 Å². The van der Waals surface area contributed by atoms with Crippen molar-refractivity contribution in [2.24, 2.45) is 0 Å². The quantitative estimate of drug-likeness (QED) is 0.900. The topological polar surface area (TPSA) is 61.3 Å². The number of nitrogens with two attached hydrogens (primary N) is 1. The number of ether oxygens (including phenoxy) is 1. The summed E-state index contributed by atoms with van der Waals surface area (Å²) in [5.41, 5.74) is 8.64. The van der Waals surface area contributed by atoms with Gasteiger partial charge < -0.3 is 14.9 Å². The maximum atomic E-state index is 5.62. The second-order valence-corrected chi connectivity index (χ2v) is 4.06. The van der Waals surface area contributed by atoms with Crippen LogP contribution in [0.15, 0.2) is 22.6 Å². The summed E-state index contributed by atoms with van der Waals surface area (Å²) in [6, 6.07) is 6.21. The molecule has 0 aliphatic rings. The van der Waals surface area contributed by atoms with Crippen LogP contribution < -0.4 is 10.5 Å². The average molecular weight is 246 g/mol. The lowest BCUT2D eigenvalue weighted by Crippen LogP contribution is -1.92. The summed E-state index contributed by atoms with van der Waals surface area (Å²) in [6.45, 7) is 4.13. The van der Waals surface area contributed by atoms with Gasteiger partial charge in [-0.2, -0.15) is 4.98 Å². The zero-order chi connectivity index (χ0) is 13.1. The number of nitrogens with zero attached hydrogens (tertiary/aromatic N) is 1. The Morgan fingerprint density at radius 2 is 2.06 bits per heavy atom. The zero-order valence-corrected chi connectivity index (χ0v) is 11.0. The van der Waals surface area contributed by atoms with Gasteiger partial charge in [0.15, 0.2) is 5.76 Å². The first kappa shape index (κ1) is 12.5. The minimum atomic E-state index is 0.218. The molecule has 0 saturated carbocycles. The lowest BCUT2D eigenvalue weighted by Gasteiger charge is -2.08. The highest BCUT2D eigenvalue weighted by Crippen LogP contribution is 2.30. The van der Waals surface area contributed by atoms with Gasteiger partial charge in [-0.1, -0.05) is 13.8 Å². The van der Waals surface area contributed by atoms with E-state index in [4.69, 9.17) is 14.9 Å². The van der Waals surface area contributed by atoms with Crippen LogP contribution in [0.25, 0.3) is 11.3 Å². The highest BCUT2D eigenvalue weighted by Gasteiger charge is 2.13. The Labute approximate surface area is 107 Å². The Balaban J connectivity index is 2.50. The number of methoxy groups -OCH3 is 1. The van der Waals surface area contributed by atoms with Gasteiger partial charge in [-0.25, -0.2) is 0 Å². The van der Waals surface area contributed by atoms with Crippen molar-refractivity contribution in [3.05, 3.63) is 29.5 Å². The highest BCUT2D eigenvalue weighted by atomic mass is 16.5. The van der Waals surface area contributed by atoms with Crippen molar-refractivity contribution >= 4 is 6.01 Å². The SMILES string of the molecule is CCc1cc(-c2oc(N)nc2CC)ccc1OC. The van der Waals surface area contributed by atoms with E-state index in [1.165, 1.54) is 0 Å². The van der Waals surface area contributed by atoms with Gasteiger partial charge in [-0.05, 0) is 36.6 Å². The monoisotopic (exact) mass is 246 g/mol. The predicted octanol–water partition coefficient (Wildman–Crippen LogP) is 3.06. The molecule has 2 aromatic rings. The fourth-order valence-corrected chi connectivity index (χ4v) is 2.03. The van der Waals surface area contributed by atoms with E-state index >= 15 is 0 Å². The molecule has 4 heteroatoms. The number of aromatic nitrogens is 1. The average Bonchev–Trinajstić information content (AvgIpc) is 2.79. The molecule has 1 aromatic carbocycles. The summed E-state index contributed by atoms with van der Waals surface area (Å²) in [5.74, 6) is 1.65. The van der Waals surface area contributed by atoms with Gasteiger partial charge in [0.05, 0.1) is 12.8 Å². The summed E-state index contributed by atoms with van der Waals surface area (Å²) in [7, 11) is 1.68. The van der Waals surface area contributed by atoms with Crippen LogP contribution in [0.2, 0.25) is 0 Å². The Morgan fingerprint density at radius 1 is 1.28 bits per heavy atom. The smallest absolute Gasteiger partial charge is 0.292 e. The van der Waals surface area contributed by atoms with Gasteiger partial charge in [0, 0.05) is 5.56 Å². The Hall–Kier alpha value is -1.97. The van der Waals surface area contributed by atoms with E-state index in [0.29, 0.717) is 0 Å². The van der Waals surface area contributed by atoms with E-state index in [1.54, 1.807) is 7.11 Å². The Morgan fingerprint density at radius 3 is 2.67 bits per heavy atom. The molecule has 0 aliphatic heterocycles. The molecule has 0 atom stereocenters. The number of nitrogen functional groups attached to an aromatic ring is 1. The molecule has 0 bridgehead atoms. The number of anilines is 1. The van der Waals surface area contributed by atoms with Crippen LogP contribution in [0.4, 0.5) is 6.01 Å². The molecular formula is C14H18N2O2. The molecule has 96 valence electrons. The maximum Gasteiger partial charge on any atom is 0.292 e. The van der Waals surface area contributed by atoms with Crippen molar-refractivity contribution in [3.63, 3.8) is 0 Å². The molecule has 18 heavy (non-hydrogen) atoms. The molecule has 0 aliphatic carbocycles. The second kappa shape index (κ2) is 5.12. The normalized spacial score (nSPS) is 10.6. The van der Waals surface area contributed by atoms with Crippen molar-refractivity contribution < 1.29 is 9.15 Å². The van der Waals surface area contributed by atoms with Crippen molar-refractivity contribution in [2.45, 2.75) is 26.7 Å². The van der Waals surface area contributed by atoms with E-state index in [1.807, 2.05) is 19.1 Å². The first-order valence-corrected chi connectivity index (χ1v) is 6.12. The first-order chi connectivity index (χ1) is 8.69. The third kappa shape index (κ3) is 2.18. The molecule has 0 fully saturated rings. The number of benzene rings is 1. The minimum Gasteiger partial charge on any atom is -0.496 e. The fourth-order valence-electron chi connectivity index (χ4n) is 2.03. The number of aryl methyl sites for hydroxylation is 2. The Kier molecular flexibility index (Phi) is 3.55. The van der Waals surface area contributed by atoms with Crippen LogP contribution in [0.1, 0.15) is 25.1 Å². The van der Waals surface area contributed by atoms with E-state index in [9.17, 15) is 0 Å². The van der Waals surface area contributed by atoms with Gasteiger partial charge in [0.25, 0.3) is 6.01 Å². The van der Waals surface area contributed by atoms with Crippen LogP contribution in [-0.4, -0.2) is 12.1 Å². The number of rotatable bonds is 4. The largest absolute Gasteiger partial charge is 0.496 e. The number of hydrogen-bond donors (Lipinski definition) is 1. The van der Waals surface area contributed by atoms with Gasteiger partial charge in [0.2, 0.25) is 0 Å². The van der Waals surface area contributed by atoms with Crippen LogP contribution in [0.5, 0.6) is 5.75 Å². The second-order valence-electron chi connectivity index (χ2n) is 4.06. The van der Waals surface area contributed by atoms with Crippen molar-refractivity contribution in [1.82, 2.24) is 4.98 Å². The molecule has 0 radical (unpaired) electrons. The molecule has 0 unspecified atom stereocenters. The predicted molar refractivity (Wildman–Crippen MR) is 71.7 cm³/mol. The van der Waals surface area contributed by atoms with Crippen molar-refractivity contribution in [3.8, 4) is 17.1 Å². The molecule has 4 nitrogen and oxygen atoms in total. The van der Waals surface area contributed by atoms with Crippen molar-refractivity contribution in [1.29, 1.82) is 0 Å². The lowest BCUT2D eigenvalue weighted by atomic mass is 10.0. The molecule has 1 heterocycles. The fraction of sp³-hybridized carbons (Fsp3) is 0.357. The molecular weight excluding hydrogens is 228 g/mol. The summed E-state index contributed by atoms with van der Waals surface area (Å²) < 4.78 is 10.8. The third-order valence-corrected chi connectivity index (χ3v) is 2.97. The van der Waals surface area contributed by atoms with E-state index in [-0.39, 0.29) is 6.01 Å². The summed E-state index contributed by atoms with van der Waals surface area (Å²) in [5, 5.41) is 0. The summed E-state index contributed by atoms with van der Waals surface area (Å²) in [6.07, 6.45) is 1.70. The molecule has 0 saturated heterocycles. The molecule has 2 N–H and O–H groups in total. The van der Waals surface area contributed by atoms with Gasteiger partial charge in [-0.3, -0.25) is 0 Å². The minimum absolute atomic E-state index is 0.218. The van der Waals surface area contributed by atoms with Gasteiger partial charge >= 0.3 is 0 Å². The Bertz CT molecular complexity index is 547. The van der Waals surface area contributed by atoms with Crippen LogP contribution >= 0.6 is 0 Å². The maximum absolute atomic E-state index is 5.62. The van der Waals surface area contributed by atoms with Crippen LogP contribution in [0, 0.1) is 0 Å². The third-order valence-electron chi connectivity index (χ3n) is 2.97. The molecule has 1 aromatic heterocycles. The summed E-state index contributed by atoms with van der Waals surface area (Å²) in [4.78, 5) is 4.18. The molecule has 2 rings (SSSR count). The van der Waals surface area contributed by atoms with Crippen molar-refractivity contribution in [2.75, 3.05) is 12.8 Å². The lowest BCUT2D eigenvalue weighted by molar-refractivity contribution is 0.410. The van der Waals surface area contributed by atoms with E-state index in [2.05, 4.69) is 18.0 Å². The van der Waals surface area contributed by atoms with Crippen LogP contribution in [0.3, 0.4) is 0 Å². The zero-order valence-electron chi connectivity index (χ0n) is 11.0. The van der Waals surface area contributed by atoms with Gasteiger partial charge in [-0.15, -0.1) is 0 Å². The number of hydrogen-bond acceptors (Lipinski definition) is 4. The first-order valence-electron chi connectivity index (χ1n) is 6.12. The van der Waals surface area contributed by atoms with E-state index in [0.717, 1.165) is 41.2 Å². The number of oxazole rings is 1. The van der Waals surface area contributed by atoms with Gasteiger partial charge in [0.1, 0.15) is 5.75 Å². The highest BCUT2D eigenvalue weighted by molar-refractivity contribution is 5.63. The summed E-state index contributed by atoms with van der Waals surface area (Å²) >= 11 is 0.